The predicted octanol–water partition coefficient (Wildman–Crippen LogP) is 3.37. The number of piperazine rings is 1. The monoisotopic (exact) mass is 309 g/mol. The summed E-state index contributed by atoms with van der Waals surface area (Å²) in [5.74, 6) is 0. The van der Waals surface area contributed by atoms with Crippen molar-refractivity contribution in [2.24, 2.45) is 0 Å². The third kappa shape index (κ3) is 4.35. The molecular formula is C17H28ClN3. The minimum atomic E-state index is 0.490. The van der Waals surface area contributed by atoms with Gasteiger partial charge in [0.25, 0.3) is 0 Å². The highest BCUT2D eigenvalue weighted by atomic mass is 35.5. The molecule has 1 fully saturated rings. The van der Waals surface area contributed by atoms with E-state index in [0.717, 1.165) is 37.7 Å². The maximum absolute atomic E-state index is 6.23. The minimum absolute atomic E-state index is 0.490. The molecule has 4 heteroatoms. The zero-order chi connectivity index (χ0) is 15.4. The van der Waals surface area contributed by atoms with Gasteiger partial charge in [0.15, 0.2) is 0 Å². The molecule has 118 valence electrons. The van der Waals surface area contributed by atoms with Crippen LogP contribution < -0.4 is 10.2 Å². The lowest BCUT2D eigenvalue weighted by atomic mass is 10.1. The van der Waals surface area contributed by atoms with Crippen molar-refractivity contribution in [3.05, 3.63) is 28.8 Å². The number of benzene rings is 1. The standard InChI is InChI=1S/C17H28ClN3/c1-5-20-8-9-21(12-14(20)4)17-10-16(18)7-6-15(17)11-19-13(2)3/h6-7,10,13-14,19H,5,8-9,11-12H2,1-4H3. The highest BCUT2D eigenvalue weighted by Crippen LogP contribution is 2.27. The third-order valence-electron chi connectivity index (χ3n) is 4.26. The maximum atomic E-state index is 6.23. The van der Waals surface area contributed by atoms with Crippen LogP contribution in [0.2, 0.25) is 5.02 Å². The number of anilines is 1. The normalized spacial score (nSPS) is 20.3. The summed E-state index contributed by atoms with van der Waals surface area (Å²) in [5, 5.41) is 4.33. The first kappa shape index (κ1) is 16.6. The van der Waals surface area contributed by atoms with Crippen molar-refractivity contribution < 1.29 is 0 Å². The molecule has 1 aliphatic heterocycles. The Kier molecular flexibility index (Phi) is 5.91. The summed E-state index contributed by atoms with van der Waals surface area (Å²) >= 11 is 6.23. The Morgan fingerprint density at radius 2 is 2.10 bits per heavy atom. The summed E-state index contributed by atoms with van der Waals surface area (Å²) in [6.07, 6.45) is 0. The average molecular weight is 310 g/mol. The molecule has 1 saturated heterocycles. The molecule has 1 aromatic rings. The molecule has 1 heterocycles. The molecule has 2 rings (SSSR count). The van der Waals surface area contributed by atoms with Gasteiger partial charge in [-0.15, -0.1) is 0 Å². The molecule has 1 N–H and O–H groups in total. The summed E-state index contributed by atoms with van der Waals surface area (Å²) in [4.78, 5) is 5.02. The van der Waals surface area contributed by atoms with Gasteiger partial charge in [-0.3, -0.25) is 4.90 Å². The van der Waals surface area contributed by atoms with E-state index in [1.54, 1.807) is 0 Å². The second kappa shape index (κ2) is 7.48. The van der Waals surface area contributed by atoms with E-state index in [1.165, 1.54) is 11.3 Å². The maximum Gasteiger partial charge on any atom is 0.0427 e. The van der Waals surface area contributed by atoms with E-state index in [-0.39, 0.29) is 0 Å². The lowest BCUT2D eigenvalue weighted by Crippen LogP contribution is -2.52. The van der Waals surface area contributed by atoms with E-state index in [1.807, 2.05) is 6.07 Å². The van der Waals surface area contributed by atoms with Crippen LogP contribution in [0.1, 0.15) is 33.3 Å². The average Bonchev–Trinajstić information content (AvgIpc) is 2.45. The van der Waals surface area contributed by atoms with Crippen molar-refractivity contribution in [1.29, 1.82) is 0 Å². The second-order valence-corrected chi connectivity index (χ2v) is 6.67. The van der Waals surface area contributed by atoms with Crippen molar-refractivity contribution in [1.82, 2.24) is 10.2 Å². The number of nitrogens with zero attached hydrogens (tertiary/aromatic N) is 2. The van der Waals surface area contributed by atoms with Crippen LogP contribution in [0.25, 0.3) is 0 Å². The summed E-state index contributed by atoms with van der Waals surface area (Å²) in [7, 11) is 0. The Labute approximate surface area is 134 Å². The smallest absolute Gasteiger partial charge is 0.0427 e. The van der Waals surface area contributed by atoms with Gasteiger partial charge in [-0.1, -0.05) is 38.4 Å². The lowest BCUT2D eigenvalue weighted by Gasteiger charge is -2.41. The number of halogens is 1. The Bertz CT molecular complexity index is 461. The summed E-state index contributed by atoms with van der Waals surface area (Å²) in [6, 6.07) is 7.35. The van der Waals surface area contributed by atoms with Crippen LogP contribution in [0, 0.1) is 0 Å². The topological polar surface area (TPSA) is 18.5 Å². The predicted molar refractivity (Wildman–Crippen MR) is 92.3 cm³/mol. The molecule has 0 aromatic heterocycles. The zero-order valence-electron chi connectivity index (χ0n) is 13.7. The van der Waals surface area contributed by atoms with E-state index >= 15 is 0 Å². The van der Waals surface area contributed by atoms with Crippen molar-refractivity contribution >= 4 is 17.3 Å². The molecule has 0 aliphatic carbocycles. The molecule has 0 radical (unpaired) electrons. The molecule has 21 heavy (non-hydrogen) atoms. The molecule has 1 atom stereocenters. The fourth-order valence-corrected chi connectivity index (χ4v) is 3.15. The van der Waals surface area contributed by atoms with Crippen LogP contribution in [0.5, 0.6) is 0 Å². The van der Waals surface area contributed by atoms with Crippen molar-refractivity contribution in [3.63, 3.8) is 0 Å². The quantitative estimate of drug-likeness (QED) is 0.899. The molecule has 0 amide bonds. The van der Waals surface area contributed by atoms with E-state index in [0.29, 0.717) is 12.1 Å². The summed E-state index contributed by atoms with van der Waals surface area (Å²) < 4.78 is 0. The summed E-state index contributed by atoms with van der Waals surface area (Å²) in [5.41, 5.74) is 2.63. The van der Waals surface area contributed by atoms with Gasteiger partial charge in [0.2, 0.25) is 0 Å². The highest BCUT2D eigenvalue weighted by molar-refractivity contribution is 6.30. The second-order valence-electron chi connectivity index (χ2n) is 6.23. The van der Waals surface area contributed by atoms with E-state index < -0.39 is 0 Å². The van der Waals surface area contributed by atoms with E-state index in [4.69, 9.17) is 11.6 Å². The first-order chi connectivity index (χ1) is 10.0. The Morgan fingerprint density at radius 1 is 1.33 bits per heavy atom. The van der Waals surface area contributed by atoms with Crippen LogP contribution in [-0.2, 0) is 6.54 Å². The van der Waals surface area contributed by atoms with Gasteiger partial charge in [-0.25, -0.2) is 0 Å². The Morgan fingerprint density at radius 3 is 2.71 bits per heavy atom. The number of rotatable bonds is 5. The first-order valence-electron chi connectivity index (χ1n) is 8.02. The largest absolute Gasteiger partial charge is 0.368 e. The highest BCUT2D eigenvalue weighted by Gasteiger charge is 2.24. The Hall–Kier alpha value is -0.770. The first-order valence-corrected chi connectivity index (χ1v) is 8.39. The van der Waals surface area contributed by atoms with Gasteiger partial charge >= 0.3 is 0 Å². The van der Waals surface area contributed by atoms with Gasteiger partial charge < -0.3 is 10.2 Å². The van der Waals surface area contributed by atoms with Crippen molar-refractivity contribution in [3.8, 4) is 0 Å². The van der Waals surface area contributed by atoms with Gasteiger partial charge in [-0.2, -0.15) is 0 Å². The van der Waals surface area contributed by atoms with Gasteiger partial charge in [0.1, 0.15) is 0 Å². The zero-order valence-corrected chi connectivity index (χ0v) is 14.5. The molecule has 1 aromatic carbocycles. The van der Waals surface area contributed by atoms with E-state index in [2.05, 4.69) is 54.9 Å². The molecule has 3 nitrogen and oxygen atoms in total. The van der Waals surface area contributed by atoms with Crippen molar-refractivity contribution in [2.75, 3.05) is 31.1 Å². The van der Waals surface area contributed by atoms with Crippen LogP contribution in [0.15, 0.2) is 18.2 Å². The summed E-state index contributed by atoms with van der Waals surface area (Å²) in [6.45, 7) is 14.2. The molecule has 0 spiro atoms. The van der Waals surface area contributed by atoms with Crippen LogP contribution in [0.4, 0.5) is 5.69 Å². The van der Waals surface area contributed by atoms with Gasteiger partial charge in [-0.05, 0) is 31.2 Å². The van der Waals surface area contributed by atoms with Crippen LogP contribution in [-0.4, -0.2) is 43.2 Å². The van der Waals surface area contributed by atoms with Crippen LogP contribution >= 0.6 is 11.6 Å². The molecular weight excluding hydrogens is 282 g/mol. The van der Waals surface area contributed by atoms with Crippen LogP contribution in [0.3, 0.4) is 0 Å². The minimum Gasteiger partial charge on any atom is -0.368 e. The number of likely N-dealkylation sites (N-methyl/N-ethyl adjacent to an activating group) is 1. The van der Waals surface area contributed by atoms with Crippen molar-refractivity contribution in [2.45, 2.75) is 46.3 Å². The lowest BCUT2D eigenvalue weighted by molar-refractivity contribution is 0.199. The number of hydrogen-bond acceptors (Lipinski definition) is 3. The molecule has 0 saturated carbocycles. The Balaban J connectivity index is 2.16. The SMILES string of the molecule is CCN1CCN(c2cc(Cl)ccc2CNC(C)C)CC1C. The van der Waals surface area contributed by atoms with Gasteiger partial charge in [0.05, 0.1) is 0 Å². The molecule has 0 bridgehead atoms. The fraction of sp³-hybridized carbons (Fsp3) is 0.647. The number of nitrogens with one attached hydrogen (secondary N) is 1. The third-order valence-corrected chi connectivity index (χ3v) is 4.50. The fourth-order valence-electron chi connectivity index (χ4n) is 2.98. The van der Waals surface area contributed by atoms with E-state index in [9.17, 15) is 0 Å². The molecule has 1 aliphatic rings. The van der Waals surface area contributed by atoms with Gasteiger partial charge in [0, 0.05) is 49.0 Å². The molecule has 1 unspecified atom stereocenters. The number of hydrogen-bond donors (Lipinski definition) is 1.